The van der Waals surface area contributed by atoms with Gasteiger partial charge in [0.15, 0.2) is 0 Å². The van der Waals surface area contributed by atoms with Crippen molar-refractivity contribution in [2.45, 2.75) is 49.7 Å². The van der Waals surface area contributed by atoms with Gasteiger partial charge in [0.05, 0.1) is 17.8 Å². The van der Waals surface area contributed by atoms with Crippen molar-refractivity contribution in [1.82, 2.24) is 30.0 Å². The van der Waals surface area contributed by atoms with Crippen molar-refractivity contribution >= 4 is 11.9 Å². The molecule has 1 saturated heterocycles. The summed E-state index contributed by atoms with van der Waals surface area (Å²) in [5.41, 5.74) is 1.72. The first-order valence-electron chi connectivity index (χ1n) is 12.7. The van der Waals surface area contributed by atoms with E-state index in [0.29, 0.717) is 26.2 Å². The second-order valence-corrected chi connectivity index (χ2v) is 10.1. The highest BCUT2D eigenvalue weighted by Crippen LogP contribution is 2.48. The van der Waals surface area contributed by atoms with E-state index in [-0.39, 0.29) is 29.6 Å². The van der Waals surface area contributed by atoms with Crippen molar-refractivity contribution in [3.05, 3.63) is 60.2 Å². The average Bonchev–Trinajstić information content (AvgIpc) is 3.14. The summed E-state index contributed by atoms with van der Waals surface area (Å²) in [5, 5.41) is 2.89. The third-order valence-corrected chi connectivity index (χ3v) is 7.91. The molecule has 0 radical (unpaired) electrons. The van der Waals surface area contributed by atoms with Crippen LogP contribution in [-0.2, 0) is 21.6 Å². The first-order chi connectivity index (χ1) is 17.4. The molecule has 2 heterocycles. The number of nitrogens with one attached hydrogen (secondary N) is 1. The minimum absolute atomic E-state index is 0.0456. The molecule has 1 aromatic heterocycles. The summed E-state index contributed by atoms with van der Waals surface area (Å²) in [6.07, 6.45) is 7.55. The quantitative estimate of drug-likeness (QED) is 0.511. The number of carbonyl (C=O) groups excluding carboxylic acids is 2. The van der Waals surface area contributed by atoms with Crippen LogP contribution in [-0.4, -0.2) is 89.6 Å². The first-order valence-corrected chi connectivity index (χ1v) is 12.7. The van der Waals surface area contributed by atoms with Crippen molar-refractivity contribution < 1.29 is 14.3 Å². The van der Waals surface area contributed by atoms with E-state index < -0.39 is 0 Å². The number of hydrogen-bond donors (Lipinski definition) is 1. The molecule has 1 aromatic carbocycles. The molecule has 2 fully saturated rings. The van der Waals surface area contributed by atoms with Gasteiger partial charge in [-0.3, -0.25) is 9.69 Å². The third kappa shape index (κ3) is 5.37. The molecule has 9 nitrogen and oxygen atoms in total. The fourth-order valence-corrected chi connectivity index (χ4v) is 5.85. The van der Waals surface area contributed by atoms with Gasteiger partial charge in [0.2, 0.25) is 5.91 Å². The number of aromatic nitrogens is 2. The molecule has 0 atom stereocenters. The molecule has 0 unspecified atom stereocenters. The van der Waals surface area contributed by atoms with Crippen molar-refractivity contribution in [1.29, 1.82) is 0 Å². The number of benzene rings is 1. The number of methoxy groups -OCH3 is 1. The molecule has 1 spiro atoms. The van der Waals surface area contributed by atoms with Crippen LogP contribution >= 0.6 is 0 Å². The molecule has 3 amide bonds. The zero-order valence-corrected chi connectivity index (χ0v) is 21.7. The van der Waals surface area contributed by atoms with E-state index in [4.69, 9.17) is 4.74 Å². The van der Waals surface area contributed by atoms with Crippen LogP contribution in [0.4, 0.5) is 4.79 Å². The minimum Gasteiger partial charge on any atom is -0.385 e. The molecule has 4 rings (SSSR count). The van der Waals surface area contributed by atoms with Gasteiger partial charge in [-0.25, -0.2) is 14.8 Å². The van der Waals surface area contributed by atoms with Gasteiger partial charge in [0.25, 0.3) is 0 Å². The largest absolute Gasteiger partial charge is 0.385 e. The summed E-state index contributed by atoms with van der Waals surface area (Å²) >= 11 is 0. The first kappa shape index (κ1) is 26.0. The van der Waals surface area contributed by atoms with Gasteiger partial charge in [0.1, 0.15) is 12.9 Å². The van der Waals surface area contributed by atoms with E-state index in [2.05, 4.69) is 64.6 Å². The summed E-state index contributed by atoms with van der Waals surface area (Å²) in [7, 11) is 5.98. The van der Waals surface area contributed by atoms with Gasteiger partial charge in [-0.1, -0.05) is 30.3 Å². The maximum atomic E-state index is 13.5. The molecule has 1 saturated carbocycles. The number of urea groups is 1. The number of nitrogens with zero attached hydrogens (tertiary/aromatic N) is 5. The molecular weight excluding hydrogens is 456 g/mol. The van der Waals surface area contributed by atoms with E-state index in [1.807, 2.05) is 4.90 Å². The fraction of sp³-hybridized carbons (Fsp3) is 0.556. The molecule has 2 aliphatic rings. The Kier molecular flexibility index (Phi) is 8.21. The number of hydrogen-bond acceptors (Lipinski definition) is 6. The maximum Gasteiger partial charge on any atom is 0.321 e. The minimum atomic E-state index is -0.272. The van der Waals surface area contributed by atoms with E-state index in [9.17, 15) is 9.59 Å². The van der Waals surface area contributed by atoms with Gasteiger partial charge >= 0.3 is 6.03 Å². The zero-order valence-electron chi connectivity index (χ0n) is 21.7. The second-order valence-electron chi connectivity index (χ2n) is 10.1. The van der Waals surface area contributed by atoms with Gasteiger partial charge in [-0.2, -0.15) is 0 Å². The Balaban J connectivity index is 1.47. The van der Waals surface area contributed by atoms with Gasteiger partial charge in [-0.15, -0.1) is 0 Å². The maximum absolute atomic E-state index is 13.5. The number of rotatable bonds is 10. The highest BCUT2D eigenvalue weighted by molar-refractivity contribution is 5.86. The lowest BCUT2D eigenvalue weighted by atomic mass is 9.68. The Labute approximate surface area is 213 Å². The van der Waals surface area contributed by atoms with Crippen molar-refractivity contribution in [2.75, 3.05) is 47.4 Å². The molecular formula is C27H38N6O3. The number of amides is 3. The van der Waals surface area contributed by atoms with Crippen LogP contribution < -0.4 is 5.32 Å². The lowest BCUT2D eigenvalue weighted by Gasteiger charge is -2.51. The van der Waals surface area contributed by atoms with Crippen LogP contribution in [0.5, 0.6) is 0 Å². The van der Waals surface area contributed by atoms with Crippen molar-refractivity contribution in [2.24, 2.45) is 0 Å². The Morgan fingerprint density at radius 2 is 1.89 bits per heavy atom. The van der Waals surface area contributed by atoms with Crippen LogP contribution in [0.1, 0.15) is 43.4 Å². The molecule has 0 bridgehead atoms. The normalized spacial score (nSPS) is 24.1. The Bertz CT molecular complexity index is 1010. The predicted molar refractivity (Wildman–Crippen MR) is 137 cm³/mol. The average molecular weight is 495 g/mol. The van der Waals surface area contributed by atoms with Gasteiger partial charge in [-0.05, 0) is 57.8 Å². The molecule has 194 valence electrons. The molecule has 9 heteroatoms. The van der Waals surface area contributed by atoms with Crippen LogP contribution in [0, 0.1) is 0 Å². The summed E-state index contributed by atoms with van der Waals surface area (Å²) in [6, 6.07) is 12.4. The van der Waals surface area contributed by atoms with E-state index in [1.165, 1.54) is 11.9 Å². The van der Waals surface area contributed by atoms with Gasteiger partial charge < -0.3 is 19.9 Å². The molecule has 1 aliphatic carbocycles. The Morgan fingerprint density at radius 3 is 2.53 bits per heavy atom. The standard InChI is InChI=1S/C27H38N6O3/c1-31(2)27(22-8-5-4-6-9-22)13-11-26(12-14-27)20-32(25(35)33(26)16-7-17-36-3)19-24(34)29-18-23-10-15-28-21-30-23/h4-6,8-10,15,21H,7,11-14,16-20H2,1-3H3,(H,29,34)/t26-,27+. The number of ether oxygens (including phenoxy) is 1. The summed E-state index contributed by atoms with van der Waals surface area (Å²) in [5.74, 6) is -0.182. The Hall–Kier alpha value is -3.04. The third-order valence-electron chi connectivity index (χ3n) is 7.91. The van der Waals surface area contributed by atoms with E-state index in [1.54, 1.807) is 24.3 Å². The van der Waals surface area contributed by atoms with Crippen molar-refractivity contribution in [3.8, 4) is 0 Å². The Morgan fingerprint density at radius 1 is 1.14 bits per heavy atom. The van der Waals surface area contributed by atoms with E-state index in [0.717, 1.165) is 37.8 Å². The lowest BCUT2D eigenvalue weighted by molar-refractivity contribution is -0.121. The lowest BCUT2D eigenvalue weighted by Crippen LogP contribution is -2.55. The van der Waals surface area contributed by atoms with Crippen molar-refractivity contribution in [3.63, 3.8) is 0 Å². The number of carbonyl (C=O) groups is 2. The summed E-state index contributed by atoms with van der Waals surface area (Å²) in [6.45, 7) is 2.16. The van der Waals surface area contributed by atoms with Crippen LogP contribution in [0.15, 0.2) is 48.9 Å². The van der Waals surface area contributed by atoms with Crippen LogP contribution in [0.2, 0.25) is 0 Å². The molecule has 1 aliphatic heterocycles. The fourth-order valence-electron chi connectivity index (χ4n) is 5.85. The zero-order chi connectivity index (χ0) is 25.6. The van der Waals surface area contributed by atoms with Gasteiger partial charge in [0, 0.05) is 38.5 Å². The molecule has 36 heavy (non-hydrogen) atoms. The SMILES string of the molecule is COCCCN1C(=O)N(CC(=O)NCc2ccncn2)C[C@]12CC[C@](c1ccccc1)(N(C)C)CC2. The van der Waals surface area contributed by atoms with Crippen LogP contribution in [0.25, 0.3) is 0 Å². The predicted octanol–water partition coefficient (Wildman–Crippen LogP) is 2.64. The monoisotopic (exact) mass is 494 g/mol. The topological polar surface area (TPSA) is 90.9 Å². The van der Waals surface area contributed by atoms with E-state index >= 15 is 0 Å². The smallest absolute Gasteiger partial charge is 0.321 e. The molecule has 1 N–H and O–H groups in total. The second kappa shape index (κ2) is 11.3. The highest BCUT2D eigenvalue weighted by atomic mass is 16.5. The summed E-state index contributed by atoms with van der Waals surface area (Å²) < 4.78 is 5.27. The highest BCUT2D eigenvalue weighted by Gasteiger charge is 2.54. The van der Waals surface area contributed by atoms with Crippen LogP contribution in [0.3, 0.4) is 0 Å². The summed E-state index contributed by atoms with van der Waals surface area (Å²) in [4.78, 5) is 40.4. The molecule has 2 aromatic rings.